The molecule has 102 valence electrons. The fraction of sp³-hybridized carbons (Fsp3) is 0.700. The second-order valence-corrected chi connectivity index (χ2v) is 6.26. The van der Waals surface area contributed by atoms with Crippen LogP contribution in [0.2, 0.25) is 0 Å². The SMILES string of the molecule is Cc1[nH]nc(CO)c1S(=O)(=O)N(C)C1CCOC1. The summed E-state index contributed by atoms with van der Waals surface area (Å²) in [4.78, 5) is 0.0689. The first-order valence-electron chi connectivity index (χ1n) is 5.69. The Morgan fingerprint density at radius 2 is 2.33 bits per heavy atom. The Morgan fingerprint density at radius 3 is 2.89 bits per heavy atom. The molecule has 1 unspecified atom stereocenters. The Bertz CT molecular complexity index is 519. The Morgan fingerprint density at radius 1 is 1.61 bits per heavy atom. The average molecular weight is 275 g/mol. The third-order valence-electron chi connectivity index (χ3n) is 3.17. The minimum Gasteiger partial charge on any atom is -0.390 e. The van der Waals surface area contributed by atoms with Crippen LogP contribution in [0.25, 0.3) is 0 Å². The van der Waals surface area contributed by atoms with Crippen LogP contribution in [0, 0.1) is 6.92 Å². The van der Waals surface area contributed by atoms with Crippen LogP contribution in [-0.2, 0) is 21.4 Å². The number of aromatic amines is 1. The summed E-state index contributed by atoms with van der Waals surface area (Å²) < 4.78 is 31.5. The minimum absolute atomic E-state index is 0.0689. The van der Waals surface area contributed by atoms with Gasteiger partial charge in [-0.3, -0.25) is 5.10 Å². The number of aryl methyl sites for hydroxylation is 1. The monoisotopic (exact) mass is 275 g/mol. The largest absolute Gasteiger partial charge is 0.390 e. The number of ether oxygens (including phenoxy) is 1. The van der Waals surface area contributed by atoms with E-state index in [4.69, 9.17) is 9.84 Å². The highest BCUT2D eigenvalue weighted by molar-refractivity contribution is 7.89. The number of aromatic nitrogens is 2. The molecule has 0 amide bonds. The molecule has 0 aromatic carbocycles. The summed E-state index contributed by atoms with van der Waals surface area (Å²) in [5.74, 6) is 0. The van der Waals surface area contributed by atoms with E-state index < -0.39 is 16.6 Å². The number of nitrogens with one attached hydrogen (secondary N) is 1. The van der Waals surface area contributed by atoms with Crippen LogP contribution in [0.15, 0.2) is 4.90 Å². The highest BCUT2D eigenvalue weighted by Crippen LogP contribution is 2.25. The van der Waals surface area contributed by atoms with Crippen LogP contribution >= 0.6 is 0 Å². The maximum atomic E-state index is 12.5. The van der Waals surface area contributed by atoms with E-state index in [-0.39, 0.29) is 16.6 Å². The number of H-pyrrole nitrogens is 1. The molecule has 1 atom stereocenters. The molecule has 18 heavy (non-hydrogen) atoms. The number of aliphatic hydroxyl groups excluding tert-OH is 1. The highest BCUT2D eigenvalue weighted by Gasteiger charge is 2.34. The number of hydrogen-bond donors (Lipinski definition) is 2. The van der Waals surface area contributed by atoms with Crippen LogP contribution in [0.1, 0.15) is 17.8 Å². The van der Waals surface area contributed by atoms with E-state index in [0.29, 0.717) is 25.3 Å². The predicted molar refractivity (Wildman–Crippen MR) is 63.4 cm³/mol. The van der Waals surface area contributed by atoms with Crippen LogP contribution < -0.4 is 0 Å². The molecular weight excluding hydrogens is 258 g/mol. The third-order valence-corrected chi connectivity index (χ3v) is 5.28. The zero-order valence-electron chi connectivity index (χ0n) is 10.4. The Kier molecular flexibility index (Phi) is 3.71. The summed E-state index contributed by atoms with van der Waals surface area (Å²) in [5, 5.41) is 15.5. The lowest BCUT2D eigenvalue weighted by Crippen LogP contribution is -2.37. The van der Waals surface area contributed by atoms with E-state index in [9.17, 15) is 8.42 Å². The van der Waals surface area contributed by atoms with Gasteiger partial charge in [-0.05, 0) is 13.3 Å². The van der Waals surface area contributed by atoms with Crippen molar-refractivity contribution in [2.45, 2.75) is 30.9 Å². The molecule has 1 saturated heterocycles. The zero-order chi connectivity index (χ0) is 13.3. The van der Waals surface area contributed by atoms with Crippen molar-refractivity contribution in [2.24, 2.45) is 0 Å². The molecule has 0 spiro atoms. The number of likely N-dealkylation sites (N-methyl/N-ethyl adjacent to an activating group) is 1. The van der Waals surface area contributed by atoms with E-state index >= 15 is 0 Å². The van der Waals surface area contributed by atoms with Gasteiger partial charge in [0.05, 0.1) is 24.9 Å². The number of nitrogens with zero attached hydrogens (tertiary/aromatic N) is 2. The van der Waals surface area contributed by atoms with Gasteiger partial charge in [0.1, 0.15) is 10.6 Å². The zero-order valence-corrected chi connectivity index (χ0v) is 11.2. The van der Waals surface area contributed by atoms with E-state index in [1.54, 1.807) is 6.92 Å². The van der Waals surface area contributed by atoms with Crippen molar-refractivity contribution in [3.05, 3.63) is 11.4 Å². The molecule has 0 aliphatic carbocycles. The number of rotatable bonds is 4. The van der Waals surface area contributed by atoms with Gasteiger partial charge in [0.25, 0.3) is 0 Å². The Labute approximate surface area is 106 Å². The average Bonchev–Trinajstić information content (AvgIpc) is 2.96. The fourth-order valence-electron chi connectivity index (χ4n) is 2.07. The molecule has 2 rings (SSSR count). The first kappa shape index (κ1) is 13.5. The molecule has 2 heterocycles. The molecule has 0 radical (unpaired) electrons. The van der Waals surface area contributed by atoms with Crippen LogP contribution in [0.5, 0.6) is 0 Å². The van der Waals surface area contributed by atoms with Gasteiger partial charge >= 0.3 is 0 Å². The second kappa shape index (κ2) is 4.96. The van der Waals surface area contributed by atoms with Crippen molar-refractivity contribution in [2.75, 3.05) is 20.3 Å². The number of hydrogen-bond acceptors (Lipinski definition) is 5. The first-order chi connectivity index (χ1) is 8.48. The van der Waals surface area contributed by atoms with Gasteiger partial charge in [-0.1, -0.05) is 0 Å². The quantitative estimate of drug-likeness (QED) is 0.781. The summed E-state index contributed by atoms with van der Waals surface area (Å²) in [5.41, 5.74) is 0.586. The number of sulfonamides is 1. The van der Waals surface area contributed by atoms with Gasteiger partial charge in [0, 0.05) is 13.7 Å². The minimum atomic E-state index is -3.65. The summed E-state index contributed by atoms with van der Waals surface area (Å²) in [7, 11) is -2.12. The Hall–Kier alpha value is -0.960. The van der Waals surface area contributed by atoms with Crippen LogP contribution in [0.3, 0.4) is 0 Å². The van der Waals surface area contributed by atoms with Gasteiger partial charge in [-0.25, -0.2) is 8.42 Å². The maximum Gasteiger partial charge on any atom is 0.246 e. The lowest BCUT2D eigenvalue weighted by Gasteiger charge is -2.22. The van der Waals surface area contributed by atoms with Crippen molar-refractivity contribution in [3.8, 4) is 0 Å². The summed E-state index contributed by atoms with van der Waals surface area (Å²) in [6.07, 6.45) is 0.682. The van der Waals surface area contributed by atoms with Crippen molar-refractivity contribution in [1.82, 2.24) is 14.5 Å². The fourth-order valence-corrected chi connectivity index (χ4v) is 3.76. The van der Waals surface area contributed by atoms with Gasteiger partial charge in [-0.2, -0.15) is 9.40 Å². The van der Waals surface area contributed by atoms with Gasteiger partial charge in [0.15, 0.2) is 0 Å². The summed E-state index contributed by atoms with van der Waals surface area (Å²) >= 11 is 0. The van der Waals surface area contributed by atoms with Gasteiger partial charge < -0.3 is 9.84 Å². The van der Waals surface area contributed by atoms with E-state index in [0.717, 1.165) is 0 Å². The molecule has 0 bridgehead atoms. The lowest BCUT2D eigenvalue weighted by atomic mass is 10.3. The molecule has 0 saturated carbocycles. The standard InChI is InChI=1S/C10H17N3O4S/c1-7-10(9(5-14)12-11-7)18(15,16)13(2)8-3-4-17-6-8/h8,14H,3-6H2,1-2H3,(H,11,12). The second-order valence-electron chi connectivity index (χ2n) is 4.32. The molecule has 7 nitrogen and oxygen atoms in total. The lowest BCUT2D eigenvalue weighted by molar-refractivity contribution is 0.180. The number of aliphatic hydroxyl groups is 1. The molecule has 1 aromatic heterocycles. The van der Waals surface area contributed by atoms with Gasteiger partial charge in [0.2, 0.25) is 10.0 Å². The first-order valence-corrected chi connectivity index (χ1v) is 7.13. The van der Waals surface area contributed by atoms with Crippen LogP contribution in [0.4, 0.5) is 0 Å². The maximum absolute atomic E-state index is 12.5. The predicted octanol–water partition coefficient (Wildman–Crippen LogP) is -0.380. The Balaban J connectivity index is 2.37. The van der Waals surface area contributed by atoms with Crippen LogP contribution in [-0.4, -0.2) is 54.3 Å². The third kappa shape index (κ3) is 2.16. The molecule has 2 N–H and O–H groups in total. The summed E-state index contributed by atoms with van der Waals surface area (Å²) in [6, 6.07) is -0.157. The normalized spacial score (nSPS) is 20.8. The van der Waals surface area contributed by atoms with Crippen molar-refractivity contribution in [1.29, 1.82) is 0 Å². The molecule has 1 aliphatic heterocycles. The van der Waals surface area contributed by atoms with E-state index in [2.05, 4.69) is 10.2 Å². The molecule has 8 heteroatoms. The van der Waals surface area contributed by atoms with E-state index in [1.165, 1.54) is 11.4 Å². The van der Waals surface area contributed by atoms with E-state index in [1.807, 2.05) is 0 Å². The molecular formula is C10H17N3O4S. The highest BCUT2D eigenvalue weighted by atomic mass is 32.2. The molecule has 1 fully saturated rings. The van der Waals surface area contributed by atoms with Crippen molar-refractivity contribution in [3.63, 3.8) is 0 Å². The topological polar surface area (TPSA) is 95.5 Å². The molecule has 1 aromatic rings. The van der Waals surface area contributed by atoms with Crippen molar-refractivity contribution < 1.29 is 18.3 Å². The molecule has 1 aliphatic rings. The van der Waals surface area contributed by atoms with Crippen molar-refractivity contribution >= 4 is 10.0 Å². The van der Waals surface area contributed by atoms with Gasteiger partial charge in [-0.15, -0.1) is 0 Å². The smallest absolute Gasteiger partial charge is 0.246 e. The summed E-state index contributed by atoms with van der Waals surface area (Å²) in [6.45, 7) is 2.19.